The second kappa shape index (κ2) is 18.1. The van der Waals surface area contributed by atoms with E-state index in [4.69, 9.17) is 14.2 Å². The van der Waals surface area contributed by atoms with Gasteiger partial charge in [0.1, 0.15) is 11.5 Å². The van der Waals surface area contributed by atoms with E-state index in [0.717, 1.165) is 19.3 Å². The van der Waals surface area contributed by atoms with Crippen LogP contribution in [0.1, 0.15) is 50.4 Å². The number of urea groups is 2. The lowest BCUT2D eigenvalue weighted by atomic mass is 10.0. The Balaban J connectivity index is 1.56. The molecule has 0 spiro atoms. The molecule has 5 amide bonds. The highest BCUT2D eigenvalue weighted by atomic mass is 16.5. The van der Waals surface area contributed by atoms with Crippen LogP contribution in [0, 0.1) is 5.92 Å². The largest absolute Gasteiger partial charge is 0.497 e. The molecule has 264 valence electrons. The van der Waals surface area contributed by atoms with Crippen LogP contribution in [0.5, 0.6) is 11.5 Å². The molecule has 12 nitrogen and oxygen atoms in total. The van der Waals surface area contributed by atoms with Gasteiger partial charge in [-0.15, -0.1) is 0 Å². The highest BCUT2D eigenvalue weighted by Crippen LogP contribution is 2.29. The monoisotopic (exact) mass is 675 g/mol. The first-order valence-electron chi connectivity index (χ1n) is 16.7. The zero-order valence-electron chi connectivity index (χ0n) is 29.0. The molecule has 0 saturated heterocycles. The van der Waals surface area contributed by atoms with E-state index in [1.807, 2.05) is 32.0 Å². The van der Waals surface area contributed by atoms with Gasteiger partial charge >= 0.3 is 12.1 Å². The molecule has 0 bridgehead atoms. The summed E-state index contributed by atoms with van der Waals surface area (Å²) in [5, 5.41) is 18.7. The number of nitrogens with zero attached hydrogens (tertiary/aromatic N) is 2. The van der Waals surface area contributed by atoms with Crippen molar-refractivity contribution in [2.45, 2.75) is 58.3 Å². The Morgan fingerprint density at radius 3 is 2.35 bits per heavy atom. The predicted octanol–water partition coefficient (Wildman–Crippen LogP) is 6.30. The Labute approximate surface area is 288 Å². The van der Waals surface area contributed by atoms with Gasteiger partial charge < -0.3 is 45.1 Å². The number of amides is 5. The third-order valence-electron chi connectivity index (χ3n) is 8.48. The van der Waals surface area contributed by atoms with E-state index < -0.39 is 18.2 Å². The zero-order valence-corrected chi connectivity index (χ0v) is 29.0. The normalized spacial score (nSPS) is 19.3. The van der Waals surface area contributed by atoms with E-state index in [1.54, 1.807) is 85.5 Å². The first kappa shape index (κ1) is 37.0. The van der Waals surface area contributed by atoms with Crippen LogP contribution < -0.4 is 25.4 Å². The van der Waals surface area contributed by atoms with Gasteiger partial charge in [0.2, 0.25) is 0 Å². The molecule has 1 aliphatic heterocycles. The van der Waals surface area contributed by atoms with E-state index in [-0.39, 0.29) is 49.2 Å². The van der Waals surface area contributed by atoms with E-state index in [9.17, 15) is 19.5 Å². The fourth-order valence-corrected chi connectivity index (χ4v) is 5.52. The summed E-state index contributed by atoms with van der Waals surface area (Å²) in [6.07, 6.45) is 1.77. The van der Waals surface area contributed by atoms with Crippen molar-refractivity contribution in [3.05, 3.63) is 78.4 Å². The number of methoxy groups -OCH3 is 1. The summed E-state index contributed by atoms with van der Waals surface area (Å²) in [4.78, 5) is 43.5. The number of nitrogens with one attached hydrogen (secondary N) is 3. The van der Waals surface area contributed by atoms with Crippen LogP contribution in [0.2, 0.25) is 0 Å². The topological polar surface area (TPSA) is 142 Å². The number of benzene rings is 3. The SMILES string of the molecule is COc1ccc(NC(=O)N(C)C[C@H]2OCCCC[C@@H](C)Oc3ccc(NC(=O)Nc4ccccc4)cc3C(=O)N([C@H](C)CO)C[C@H]2C)cc1. The third-order valence-corrected chi connectivity index (χ3v) is 8.48. The maximum Gasteiger partial charge on any atom is 0.323 e. The summed E-state index contributed by atoms with van der Waals surface area (Å²) >= 11 is 0. The molecule has 1 aliphatic rings. The average molecular weight is 676 g/mol. The second-order valence-corrected chi connectivity index (χ2v) is 12.5. The molecule has 4 N–H and O–H groups in total. The highest BCUT2D eigenvalue weighted by Gasteiger charge is 2.31. The molecule has 49 heavy (non-hydrogen) atoms. The van der Waals surface area contributed by atoms with E-state index in [1.165, 1.54) is 0 Å². The average Bonchev–Trinajstić information content (AvgIpc) is 3.10. The summed E-state index contributed by atoms with van der Waals surface area (Å²) in [6, 6.07) is 19.8. The molecule has 1 heterocycles. The van der Waals surface area contributed by atoms with Crippen LogP contribution in [0.25, 0.3) is 0 Å². The minimum absolute atomic E-state index is 0.194. The quantitative estimate of drug-likeness (QED) is 0.220. The number of rotatable bonds is 8. The lowest BCUT2D eigenvalue weighted by Gasteiger charge is -2.35. The van der Waals surface area contributed by atoms with Crippen molar-refractivity contribution in [3.63, 3.8) is 0 Å². The molecule has 4 rings (SSSR count). The molecule has 3 aromatic rings. The number of fused-ring (bicyclic) bond motifs is 1. The maximum atomic E-state index is 14.4. The van der Waals surface area contributed by atoms with Gasteiger partial charge in [-0.2, -0.15) is 0 Å². The van der Waals surface area contributed by atoms with Gasteiger partial charge in [-0.3, -0.25) is 4.79 Å². The Bertz CT molecular complexity index is 1520. The van der Waals surface area contributed by atoms with Crippen LogP contribution in [0.3, 0.4) is 0 Å². The molecular weight excluding hydrogens is 626 g/mol. The number of carbonyl (C=O) groups is 3. The number of likely N-dealkylation sites (N-methyl/N-ethyl adjacent to an activating group) is 1. The number of aliphatic hydroxyl groups excluding tert-OH is 1. The molecule has 0 saturated carbocycles. The molecule has 0 radical (unpaired) electrons. The summed E-state index contributed by atoms with van der Waals surface area (Å²) in [5.74, 6) is 0.505. The standard InChI is InChI=1S/C37H49N5O7/c1-25-22-42(26(2)24-43)35(44)32-21-30(39-36(45)38-28-12-7-6-8-13-28)16-19-33(32)49-27(3)11-9-10-20-48-34(25)23-41(4)37(46)40-29-14-17-31(47-5)18-15-29/h6-8,12-19,21,25-27,34,43H,9-11,20,22-24H2,1-5H3,(H,40,46)(H2,38,39,45)/t25-,26-,27-,34-/m1/s1. The Morgan fingerprint density at radius 2 is 1.65 bits per heavy atom. The summed E-state index contributed by atoms with van der Waals surface area (Å²) < 4.78 is 17.9. The molecule has 3 aromatic carbocycles. The minimum atomic E-state index is -0.539. The molecule has 0 aromatic heterocycles. The number of aliphatic hydroxyl groups is 1. The fraction of sp³-hybridized carbons (Fsp3) is 0.432. The Kier molecular flexibility index (Phi) is 13.7. The zero-order chi connectivity index (χ0) is 35.3. The van der Waals surface area contributed by atoms with Gasteiger partial charge in [-0.1, -0.05) is 25.1 Å². The van der Waals surface area contributed by atoms with Crippen molar-refractivity contribution in [2.24, 2.45) is 5.92 Å². The van der Waals surface area contributed by atoms with Crippen LogP contribution in [-0.4, -0.2) is 91.6 Å². The molecule has 12 heteroatoms. The second-order valence-electron chi connectivity index (χ2n) is 12.5. The van der Waals surface area contributed by atoms with E-state index in [2.05, 4.69) is 16.0 Å². The molecule has 0 fully saturated rings. The number of para-hydroxylation sites is 1. The van der Waals surface area contributed by atoms with Gasteiger partial charge in [0.25, 0.3) is 5.91 Å². The van der Waals surface area contributed by atoms with Crippen LogP contribution >= 0.6 is 0 Å². The van der Waals surface area contributed by atoms with Crippen LogP contribution in [0.4, 0.5) is 26.7 Å². The predicted molar refractivity (Wildman–Crippen MR) is 191 cm³/mol. The van der Waals surface area contributed by atoms with Crippen molar-refractivity contribution in [2.75, 3.05) is 56.4 Å². The molecule has 4 atom stereocenters. The Morgan fingerprint density at radius 1 is 0.980 bits per heavy atom. The van der Waals surface area contributed by atoms with Crippen molar-refractivity contribution < 1.29 is 33.7 Å². The summed E-state index contributed by atoms with van der Waals surface area (Å²) in [7, 11) is 3.29. The highest BCUT2D eigenvalue weighted by molar-refractivity contribution is 6.02. The number of carbonyl (C=O) groups excluding carboxylic acids is 3. The van der Waals surface area contributed by atoms with Crippen molar-refractivity contribution in [3.8, 4) is 11.5 Å². The van der Waals surface area contributed by atoms with E-state index in [0.29, 0.717) is 35.2 Å². The van der Waals surface area contributed by atoms with Crippen molar-refractivity contribution in [1.82, 2.24) is 9.80 Å². The maximum absolute atomic E-state index is 14.4. The summed E-state index contributed by atoms with van der Waals surface area (Å²) in [5.41, 5.74) is 1.94. The van der Waals surface area contributed by atoms with E-state index >= 15 is 0 Å². The summed E-state index contributed by atoms with van der Waals surface area (Å²) in [6.45, 7) is 6.43. The van der Waals surface area contributed by atoms with Gasteiger partial charge in [0, 0.05) is 49.7 Å². The van der Waals surface area contributed by atoms with Crippen molar-refractivity contribution in [1.29, 1.82) is 0 Å². The molecule has 0 aliphatic carbocycles. The first-order valence-corrected chi connectivity index (χ1v) is 16.7. The number of anilines is 3. The molecular formula is C37H49N5O7. The van der Waals surface area contributed by atoms with Gasteiger partial charge in [0.15, 0.2) is 0 Å². The number of hydrogen-bond donors (Lipinski definition) is 4. The minimum Gasteiger partial charge on any atom is -0.497 e. The smallest absolute Gasteiger partial charge is 0.323 e. The van der Waals surface area contributed by atoms with Crippen molar-refractivity contribution >= 4 is 35.0 Å². The first-order chi connectivity index (χ1) is 23.6. The van der Waals surface area contributed by atoms with Crippen LogP contribution in [-0.2, 0) is 4.74 Å². The Hall–Kier alpha value is -4.81. The number of hydrogen-bond acceptors (Lipinski definition) is 7. The lowest BCUT2D eigenvalue weighted by molar-refractivity contribution is -0.0115. The fourth-order valence-electron chi connectivity index (χ4n) is 5.52. The third kappa shape index (κ3) is 10.8. The van der Waals surface area contributed by atoms with Gasteiger partial charge in [0.05, 0.1) is 37.5 Å². The van der Waals surface area contributed by atoms with Gasteiger partial charge in [-0.25, -0.2) is 9.59 Å². The molecule has 0 unspecified atom stereocenters. The van der Waals surface area contributed by atoms with Crippen LogP contribution in [0.15, 0.2) is 72.8 Å². The van der Waals surface area contributed by atoms with Gasteiger partial charge in [-0.05, 0) is 87.7 Å². The lowest BCUT2D eigenvalue weighted by Crippen LogP contribution is -2.48. The number of ether oxygens (including phenoxy) is 3.